The van der Waals surface area contributed by atoms with E-state index in [2.05, 4.69) is 12.2 Å². The fourth-order valence-corrected chi connectivity index (χ4v) is 7.86. The Balaban J connectivity index is 1.45. The SMILES string of the molecule is Cc1cc(SCC(C)NCCCS(=O)(=O)c2sc3ccc(Cl)cc3c2C)ccc1OCC(=O)O. The number of fused-ring (bicyclic) bond motifs is 1. The highest BCUT2D eigenvalue weighted by Crippen LogP contribution is 2.36. The Morgan fingerprint density at radius 2 is 2.00 bits per heavy atom. The second-order valence-corrected chi connectivity index (χ2v) is 13.0. The van der Waals surface area contributed by atoms with Crippen molar-refractivity contribution in [2.75, 3.05) is 24.7 Å². The summed E-state index contributed by atoms with van der Waals surface area (Å²) in [5.74, 6) is 0.473. The molecule has 6 nitrogen and oxygen atoms in total. The van der Waals surface area contributed by atoms with Crippen LogP contribution < -0.4 is 10.1 Å². The van der Waals surface area contributed by atoms with E-state index in [1.54, 1.807) is 23.9 Å². The predicted octanol–water partition coefficient (Wildman–Crippen LogP) is 5.57. The molecule has 34 heavy (non-hydrogen) atoms. The number of carboxylic acids is 1. The number of hydrogen-bond donors (Lipinski definition) is 2. The summed E-state index contributed by atoms with van der Waals surface area (Å²) in [6.45, 7) is 6.04. The molecule has 0 spiro atoms. The van der Waals surface area contributed by atoms with Gasteiger partial charge in [0.25, 0.3) is 0 Å². The number of carboxylic acid groups (broad SMARTS) is 1. The van der Waals surface area contributed by atoms with E-state index < -0.39 is 15.8 Å². The molecule has 2 N–H and O–H groups in total. The Morgan fingerprint density at radius 3 is 2.71 bits per heavy atom. The molecule has 0 aliphatic heterocycles. The van der Waals surface area contributed by atoms with Crippen molar-refractivity contribution in [3.8, 4) is 5.75 Å². The summed E-state index contributed by atoms with van der Waals surface area (Å²) in [5, 5.41) is 13.6. The number of aliphatic carboxylic acids is 1. The molecule has 1 heterocycles. The third-order valence-electron chi connectivity index (χ3n) is 5.22. The lowest BCUT2D eigenvalue weighted by molar-refractivity contribution is -0.139. The molecule has 0 aliphatic carbocycles. The van der Waals surface area contributed by atoms with Gasteiger partial charge in [-0.2, -0.15) is 0 Å². The molecule has 10 heteroatoms. The molecule has 1 unspecified atom stereocenters. The van der Waals surface area contributed by atoms with Crippen molar-refractivity contribution >= 4 is 60.6 Å². The molecule has 2 aromatic carbocycles. The molecule has 0 amide bonds. The molecule has 0 saturated carbocycles. The molecular weight excluding hydrogens is 514 g/mol. The summed E-state index contributed by atoms with van der Waals surface area (Å²) in [4.78, 5) is 11.7. The number of sulfone groups is 1. The highest BCUT2D eigenvalue weighted by Gasteiger charge is 2.21. The van der Waals surface area contributed by atoms with Gasteiger partial charge in [-0.25, -0.2) is 13.2 Å². The average molecular weight is 542 g/mol. The van der Waals surface area contributed by atoms with Crippen molar-refractivity contribution in [3.05, 3.63) is 52.5 Å². The van der Waals surface area contributed by atoms with Crippen molar-refractivity contribution in [2.24, 2.45) is 0 Å². The van der Waals surface area contributed by atoms with Crippen molar-refractivity contribution < 1.29 is 23.1 Å². The van der Waals surface area contributed by atoms with Gasteiger partial charge in [0, 0.05) is 26.4 Å². The maximum Gasteiger partial charge on any atom is 0.341 e. The second kappa shape index (κ2) is 11.8. The van der Waals surface area contributed by atoms with Crippen LogP contribution in [0.3, 0.4) is 0 Å². The number of thiophene rings is 1. The zero-order valence-corrected chi connectivity index (χ0v) is 22.5. The minimum absolute atomic E-state index is 0.0955. The summed E-state index contributed by atoms with van der Waals surface area (Å²) in [6, 6.07) is 11.3. The van der Waals surface area contributed by atoms with Crippen LogP contribution in [0.15, 0.2) is 45.5 Å². The Morgan fingerprint density at radius 1 is 1.24 bits per heavy atom. The minimum atomic E-state index is -3.36. The predicted molar refractivity (Wildman–Crippen MR) is 141 cm³/mol. The number of rotatable bonds is 12. The zero-order chi connectivity index (χ0) is 24.9. The third-order valence-corrected chi connectivity index (χ3v) is 10.5. The van der Waals surface area contributed by atoms with E-state index in [9.17, 15) is 13.2 Å². The molecule has 0 bridgehead atoms. The van der Waals surface area contributed by atoms with Crippen molar-refractivity contribution in [3.63, 3.8) is 0 Å². The Hall–Kier alpha value is -1.78. The van der Waals surface area contributed by atoms with Crippen LogP contribution in [-0.2, 0) is 14.6 Å². The number of halogens is 1. The van der Waals surface area contributed by atoms with E-state index in [-0.39, 0.29) is 18.4 Å². The average Bonchev–Trinajstić information content (AvgIpc) is 3.11. The Labute approximate surface area is 213 Å². The van der Waals surface area contributed by atoms with Gasteiger partial charge in [0.15, 0.2) is 16.4 Å². The van der Waals surface area contributed by atoms with Crippen LogP contribution in [0.4, 0.5) is 0 Å². The van der Waals surface area contributed by atoms with Crippen LogP contribution in [-0.4, -0.2) is 50.2 Å². The number of hydrogen-bond acceptors (Lipinski definition) is 7. The maximum absolute atomic E-state index is 12.9. The van der Waals surface area contributed by atoms with Gasteiger partial charge in [-0.05, 0) is 86.6 Å². The van der Waals surface area contributed by atoms with Crippen LogP contribution in [0.25, 0.3) is 10.1 Å². The molecule has 3 rings (SSSR count). The van der Waals surface area contributed by atoms with Crippen LogP contribution in [0.1, 0.15) is 24.5 Å². The lowest BCUT2D eigenvalue weighted by Crippen LogP contribution is -2.30. The standard InChI is InChI=1S/C24H28ClNO5S3/c1-15-11-19(6-7-21(15)31-13-23(27)28)32-14-16(2)26-9-4-10-34(29,30)24-17(3)20-12-18(25)5-8-22(20)33-24/h5-8,11-12,16,26H,4,9-10,13-14H2,1-3H3,(H,27,28). The normalized spacial score (nSPS) is 12.7. The highest BCUT2D eigenvalue weighted by molar-refractivity contribution is 7.99. The van der Waals surface area contributed by atoms with Crippen LogP contribution in [0, 0.1) is 13.8 Å². The fourth-order valence-electron chi connectivity index (χ4n) is 3.46. The molecule has 3 aromatic rings. The first-order valence-corrected chi connectivity index (χ1v) is 14.6. The number of nitrogens with one attached hydrogen (secondary N) is 1. The topological polar surface area (TPSA) is 92.7 Å². The van der Waals surface area contributed by atoms with Gasteiger partial charge in [-0.1, -0.05) is 11.6 Å². The van der Waals surface area contributed by atoms with Gasteiger partial charge in [0.1, 0.15) is 9.96 Å². The third kappa shape index (κ3) is 7.11. The largest absolute Gasteiger partial charge is 0.482 e. The summed E-state index contributed by atoms with van der Waals surface area (Å²) < 4.78 is 32.4. The summed E-state index contributed by atoms with van der Waals surface area (Å²) >= 11 is 9.06. The van der Waals surface area contributed by atoms with E-state index in [0.29, 0.717) is 27.9 Å². The fraction of sp³-hybridized carbons (Fsp3) is 0.375. The van der Waals surface area contributed by atoms with Gasteiger partial charge in [-0.3, -0.25) is 0 Å². The number of carbonyl (C=O) groups is 1. The summed E-state index contributed by atoms with van der Waals surface area (Å²) in [7, 11) is -3.36. The molecule has 0 saturated heterocycles. The van der Waals surface area contributed by atoms with Crippen LogP contribution >= 0.6 is 34.7 Å². The first-order valence-electron chi connectivity index (χ1n) is 10.8. The number of benzene rings is 2. The molecule has 0 fully saturated rings. The molecule has 0 radical (unpaired) electrons. The molecule has 0 aliphatic rings. The van der Waals surface area contributed by atoms with E-state index in [1.165, 1.54) is 11.3 Å². The second-order valence-electron chi connectivity index (χ2n) is 8.10. The first kappa shape index (κ1) is 26.8. The van der Waals surface area contributed by atoms with Gasteiger partial charge in [0.05, 0.1) is 5.75 Å². The van der Waals surface area contributed by atoms with Crippen LogP contribution in [0.5, 0.6) is 5.75 Å². The molecular formula is C24H28ClNO5S3. The summed E-state index contributed by atoms with van der Waals surface area (Å²) in [6.07, 6.45) is 0.528. The smallest absolute Gasteiger partial charge is 0.341 e. The van der Waals surface area contributed by atoms with Crippen molar-refractivity contribution in [2.45, 2.75) is 42.3 Å². The van der Waals surface area contributed by atoms with E-state index >= 15 is 0 Å². The maximum atomic E-state index is 12.9. The monoisotopic (exact) mass is 541 g/mol. The van der Waals surface area contributed by atoms with Gasteiger partial charge < -0.3 is 15.2 Å². The quantitative estimate of drug-likeness (QED) is 0.229. The number of thioether (sulfide) groups is 1. The van der Waals surface area contributed by atoms with Gasteiger partial charge >= 0.3 is 5.97 Å². The van der Waals surface area contributed by atoms with Crippen molar-refractivity contribution in [1.82, 2.24) is 5.32 Å². The molecule has 184 valence electrons. The lowest BCUT2D eigenvalue weighted by Gasteiger charge is -2.14. The Bertz CT molecular complexity index is 1270. The zero-order valence-electron chi connectivity index (χ0n) is 19.3. The number of aryl methyl sites for hydroxylation is 2. The number of ether oxygens (including phenoxy) is 1. The van der Waals surface area contributed by atoms with E-state index in [0.717, 1.165) is 31.9 Å². The van der Waals surface area contributed by atoms with Crippen LogP contribution in [0.2, 0.25) is 5.02 Å². The van der Waals surface area contributed by atoms with Gasteiger partial charge in [0.2, 0.25) is 0 Å². The minimum Gasteiger partial charge on any atom is -0.482 e. The van der Waals surface area contributed by atoms with E-state index in [1.807, 2.05) is 38.1 Å². The Kier molecular flexibility index (Phi) is 9.28. The van der Waals surface area contributed by atoms with E-state index in [4.69, 9.17) is 21.4 Å². The highest BCUT2D eigenvalue weighted by atomic mass is 35.5. The molecule has 1 atom stereocenters. The lowest BCUT2D eigenvalue weighted by atomic mass is 10.2. The first-order chi connectivity index (χ1) is 16.1. The van der Waals surface area contributed by atoms with Gasteiger partial charge in [-0.15, -0.1) is 23.1 Å². The molecule has 1 aromatic heterocycles. The van der Waals surface area contributed by atoms with Crippen molar-refractivity contribution in [1.29, 1.82) is 0 Å². The summed E-state index contributed by atoms with van der Waals surface area (Å²) in [5.41, 5.74) is 1.66.